The molecule has 1 atom stereocenters. The van der Waals surface area contributed by atoms with Gasteiger partial charge in [-0.25, -0.2) is 9.79 Å². The van der Waals surface area contributed by atoms with E-state index in [9.17, 15) is 14.4 Å². The molecule has 0 aliphatic carbocycles. The number of thiazole rings is 1. The third kappa shape index (κ3) is 4.84. The Balaban J connectivity index is 1.97. The number of nitrogens with zero attached hydrogens (tertiary/aromatic N) is 2. The van der Waals surface area contributed by atoms with E-state index in [0.29, 0.717) is 31.2 Å². The summed E-state index contributed by atoms with van der Waals surface area (Å²) in [6, 6.07) is 11.2. The number of carbonyl (C=O) groups is 2. The Bertz CT molecular complexity index is 1570. The lowest BCUT2D eigenvalue weighted by Crippen LogP contribution is -2.40. The van der Waals surface area contributed by atoms with Crippen LogP contribution in [-0.4, -0.2) is 30.2 Å². The van der Waals surface area contributed by atoms with Gasteiger partial charge >= 0.3 is 11.9 Å². The first-order valence-corrected chi connectivity index (χ1v) is 12.2. The van der Waals surface area contributed by atoms with E-state index in [0.717, 1.165) is 0 Å². The van der Waals surface area contributed by atoms with Gasteiger partial charge in [-0.05, 0) is 49.2 Å². The van der Waals surface area contributed by atoms with Crippen molar-refractivity contribution in [3.63, 3.8) is 0 Å². The largest absolute Gasteiger partial charge is 0.493 e. The first-order chi connectivity index (χ1) is 17.2. The van der Waals surface area contributed by atoms with Gasteiger partial charge in [-0.2, -0.15) is 0 Å². The van der Waals surface area contributed by atoms with E-state index in [4.69, 9.17) is 25.8 Å². The van der Waals surface area contributed by atoms with Crippen LogP contribution < -0.4 is 24.4 Å². The molecule has 0 fully saturated rings. The maximum absolute atomic E-state index is 13.7. The quantitative estimate of drug-likeness (QED) is 0.361. The minimum Gasteiger partial charge on any atom is -0.493 e. The molecule has 10 heteroatoms. The third-order valence-electron chi connectivity index (χ3n) is 5.47. The molecule has 0 amide bonds. The first-order valence-electron chi connectivity index (χ1n) is 11.1. The Morgan fingerprint density at radius 3 is 2.61 bits per heavy atom. The van der Waals surface area contributed by atoms with Gasteiger partial charge in [0.2, 0.25) is 0 Å². The molecule has 3 aromatic rings. The van der Waals surface area contributed by atoms with Crippen LogP contribution in [0.5, 0.6) is 11.5 Å². The number of allylic oxidation sites excluding steroid dienone is 1. The number of fused-ring (bicyclic) bond motifs is 1. The number of methoxy groups -OCH3 is 1. The van der Waals surface area contributed by atoms with Crippen molar-refractivity contribution in [2.75, 3.05) is 13.7 Å². The van der Waals surface area contributed by atoms with Gasteiger partial charge in [0.1, 0.15) is 0 Å². The second kappa shape index (κ2) is 10.5. The Kier molecular flexibility index (Phi) is 7.42. The summed E-state index contributed by atoms with van der Waals surface area (Å²) in [6.07, 6.45) is 1.71. The second-order valence-corrected chi connectivity index (χ2v) is 9.24. The summed E-state index contributed by atoms with van der Waals surface area (Å²) >= 11 is 7.51. The van der Waals surface area contributed by atoms with Gasteiger partial charge in [-0.1, -0.05) is 47.2 Å². The molecular formula is C26H23ClN2O6S. The average molecular weight is 527 g/mol. The topological polar surface area (TPSA) is 96.2 Å². The zero-order chi connectivity index (χ0) is 26.0. The number of hydrogen-bond donors (Lipinski definition) is 0. The number of halogens is 1. The van der Waals surface area contributed by atoms with Crippen molar-refractivity contribution < 1.29 is 23.8 Å². The van der Waals surface area contributed by atoms with Crippen LogP contribution in [0.4, 0.5) is 0 Å². The van der Waals surface area contributed by atoms with Crippen LogP contribution >= 0.6 is 22.9 Å². The highest BCUT2D eigenvalue weighted by Crippen LogP contribution is 2.36. The molecule has 8 nitrogen and oxygen atoms in total. The molecule has 0 bridgehead atoms. The summed E-state index contributed by atoms with van der Waals surface area (Å²) in [7, 11) is 1.44. The van der Waals surface area contributed by atoms with Crippen molar-refractivity contribution in [3.05, 3.63) is 89.6 Å². The Morgan fingerprint density at radius 1 is 1.19 bits per heavy atom. The molecule has 186 valence electrons. The summed E-state index contributed by atoms with van der Waals surface area (Å²) in [4.78, 5) is 43.2. The van der Waals surface area contributed by atoms with Crippen LogP contribution in [0.25, 0.3) is 6.08 Å². The molecule has 0 spiro atoms. The predicted octanol–water partition coefficient (Wildman–Crippen LogP) is 3.39. The normalized spacial score (nSPS) is 15.2. The van der Waals surface area contributed by atoms with E-state index in [1.165, 1.54) is 29.9 Å². The van der Waals surface area contributed by atoms with E-state index >= 15 is 0 Å². The number of esters is 2. The second-order valence-electron chi connectivity index (χ2n) is 7.83. The van der Waals surface area contributed by atoms with Crippen molar-refractivity contribution in [1.82, 2.24) is 4.57 Å². The highest BCUT2D eigenvalue weighted by atomic mass is 35.5. The maximum Gasteiger partial charge on any atom is 0.338 e. The molecule has 2 heterocycles. The smallest absolute Gasteiger partial charge is 0.338 e. The van der Waals surface area contributed by atoms with Gasteiger partial charge in [0, 0.05) is 11.9 Å². The molecule has 0 saturated heterocycles. The molecule has 0 saturated carbocycles. The third-order valence-corrected chi connectivity index (χ3v) is 6.79. The minimum absolute atomic E-state index is 0.161. The molecule has 2 aromatic carbocycles. The zero-order valence-corrected chi connectivity index (χ0v) is 21.6. The van der Waals surface area contributed by atoms with Gasteiger partial charge < -0.3 is 14.2 Å². The van der Waals surface area contributed by atoms with Crippen LogP contribution in [0.1, 0.15) is 37.9 Å². The van der Waals surface area contributed by atoms with E-state index < -0.39 is 18.0 Å². The predicted molar refractivity (Wildman–Crippen MR) is 136 cm³/mol. The van der Waals surface area contributed by atoms with Crippen LogP contribution in [0.2, 0.25) is 5.02 Å². The number of benzene rings is 2. The van der Waals surface area contributed by atoms with E-state index in [-0.39, 0.29) is 29.2 Å². The van der Waals surface area contributed by atoms with Crippen LogP contribution in [0.15, 0.2) is 63.5 Å². The number of aromatic nitrogens is 1. The maximum atomic E-state index is 13.7. The van der Waals surface area contributed by atoms with Gasteiger partial charge in [0.15, 0.2) is 16.3 Å². The molecule has 0 N–H and O–H groups in total. The van der Waals surface area contributed by atoms with Crippen molar-refractivity contribution in [1.29, 1.82) is 0 Å². The number of rotatable bonds is 6. The van der Waals surface area contributed by atoms with Crippen LogP contribution in [0.3, 0.4) is 0 Å². The number of carbonyl (C=O) groups excluding carboxylic acids is 2. The van der Waals surface area contributed by atoms with Crippen molar-refractivity contribution in [2.24, 2.45) is 4.99 Å². The fourth-order valence-corrected chi connectivity index (χ4v) is 5.16. The summed E-state index contributed by atoms with van der Waals surface area (Å²) in [6.45, 7) is 4.86. The fraction of sp³-hybridized carbons (Fsp3) is 0.231. The highest BCUT2D eigenvalue weighted by molar-refractivity contribution is 7.07. The summed E-state index contributed by atoms with van der Waals surface area (Å²) in [5.74, 6) is -0.583. The molecule has 1 unspecified atom stereocenters. The lowest BCUT2D eigenvalue weighted by Gasteiger charge is -2.25. The minimum atomic E-state index is -0.839. The van der Waals surface area contributed by atoms with Crippen molar-refractivity contribution in [3.8, 4) is 11.5 Å². The SMILES string of the molecule is CCOC(=O)C1=C(C)N=c2s/c(=C/c3ccccc3Cl)c(=O)n2C1c1ccc(OC(C)=O)c(OC)c1. The van der Waals surface area contributed by atoms with Crippen LogP contribution in [-0.2, 0) is 14.3 Å². The standard InChI is InChI=1S/C26H23ClN2O6S/c1-5-34-25(32)22-14(2)28-26-29(24(31)21(36-26)13-16-8-6-7-9-18(16)27)23(22)17-10-11-19(35-15(3)30)20(12-17)33-4/h6-13,23H,5H2,1-4H3/b21-13+. The molecule has 0 radical (unpaired) electrons. The van der Waals surface area contributed by atoms with Crippen molar-refractivity contribution >= 4 is 41.0 Å². The van der Waals surface area contributed by atoms with Gasteiger partial charge in [0.25, 0.3) is 5.56 Å². The van der Waals surface area contributed by atoms with E-state index in [2.05, 4.69) is 4.99 Å². The first kappa shape index (κ1) is 25.4. The number of hydrogen-bond acceptors (Lipinski definition) is 8. The van der Waals surface area contributed by atoms with Gasteiger partial charge in [0.05, 0.1) is 35.6 Å². The van der Waals surface area contributed by atoms with E-state index in [1.54, 1.807) is 44.2 Å². The highest BCUT2D eigenvalue weighted by Gasteiger charge is 2.34. The zero-order valence-electron chi connectivity index (χ0n) is 20.0. The number of ether oxygens (including phenoxy) is 3. The molecule has 1 aliphatic heterocycles. The molecular weight excluding hydrogens is 504 g/mol. The average Bonchev–Trinajstić information content (AvgIpc) is 3.14. The molecule has 1 aromatic heterocycles. The Hall–Kier alpha value is -3.69. The molecule has 1 aliphatic rings. The van der Waals surface area contributed by atoms with Crippen LogP contribution in [0, 0.1) is 0 Å². The summed E-state index contributed by atoms with van der Waals surface area (Å²) in [5.41, 5.74) is 1.59. The Labute approximate surface area is 215 Å². The van der Waals surface area contributed by atoms with E-state index in [1.807, 2.05) is 18.2 Å². The monoisotopic (exact) mass is 526 g/mol. The van der Waals surface area contributed by atoms with Gasteiger partial charge in [-0.3, -0.25) is 14.2 Å². The molecule has 36 heavy (non-hydrogen) atoms. The summed E-state index contributed by atoms with van der Waals surface area (Å²) < 4.78 is 17.8. The lowest BCUT2D eigenvalue weighted by atomic mass is 9.95. The summed E-state index contributed by atoms with van der Waals surface area (Å²) in [5, 5.41) is 0.508. The van der Waals surface area contributed by atoms with Gasteiger partial charge in [-0.15, -0.1) is 0 Å². The van der Waals surface area contributed by atoms with Crippen molar-refractivity contribution in [2.45, 2.75) is 26.8 Å². The molecule has 4 rings (SSSR count). The lowest BCUT2D eigenvalue weighted by molar-refractivity contribution is -0.139. The fourth-order valence-electron chi connectivity index (χ4n) is 3.93. The Morgan fingerprint density at radius 2 is 1.94 bits per heavy atom.